The molecular weight excluding hydrogens is 376 g/mol. The highest BCUT2D eigenvalue weighted by Gasteiger charge is 2.15. The molecule has 0 amide bonds. The lowest BCUT2D eigenvalue weighted by molar-refractivity contribution is -0.130. The minimum Gasteiger partial charge on any atom is -0.492 e. The van der Waals surface area contributed by atoms with Crippen molar-refractivity contribution in [3.63, 3.8) is 0 Å². The molecule has 0 aliphatic rings. The molecule has 1 N–H and O–H groups in total. The third-order valence-corrected chi connectivity index (χ3v) is 4.35. The van der Waals surface area contributed by atoms with Gasteiger partial charge in [-0.1, -0.05) is 17.7 Å². The van der Waals surface area contributed by atoms with Gasteiger partial charge in [0.05, 0.1) is 16.7 Å². The lowest BCUT2D eigenvalue weighted by Gasteiger charge is -2.11. The SMILES string of the molecule is CCOc1c(Br)cc(Cl)cc1/C=C(\C(=O)O)c1cccs1. The molecule has 1 heterocycles. The van der Waals surface area contributed by atoms with Gasteiger partial charge in [-0.05, 0) is 52.5 Å². The molecule has 0 atom stereocenters. The van der Waals surface area contributed by atoms with Crippen LogP contribution in [0.2, 0.25) is 5.02 Å². The van der Waals surface area contributed by atoms with Crippen LogP contribution in [0.25, 0.3) is 11.6 Å². The number of carbonyl (C=O) groups is 1. The van der Waals surface area contributed by atoms with E-state index in [1.54, 1.807) is 24.3 Å². The van der Waals surface area contributed by atoms with E-state index in [1.807, 2.05) is 18.4 Å². The highest BCUT2D eigenvalue weighted by Crippen LogP contribution is 2.35. The molecule has 2 aromatic rings. The van der Waals surface area contributed by atoms with E-state index in [0.29, 0.717) is 32.3 Å². The van der Waals surface area contributed by atoms with E-state index in [1.165, 1.54) is 11.3 Å². The van der Waals surface area contributed by atoms with Crippen LogP contribution in [0.15, 0.2) is 34.1 Å². The van der Waals surface area contributed by atoms with Crippen molar-refractivity contribution in [2.24, 2.45) is 0 Å². The first-order valence-electron chi connectivity index (χ1n) is 6.13. The third-order valence-electron chi connectivity index (χ3n) is 2.64. The number of hydrogen-bond donors (Lipinski definition) is 1. The Labute approximate surface area is 140 Å². The van der Waals surface area contributed by atoms with Crippen molar-refractivity contribution in [2.45, 2.75) is 6.92 Å². The maximum atomic E-state index is 11.5. The Bertz CT molecular complexity index is 680. The molecule has 0 aliphatic heterocycles. The van der Waals surface area contributed by atoms with Crippen molar-refractivity contribution in [3.8, 4) is 5.75 Å². The lowest BCUT2D eigenvalue weighted by Crippen LogP contribution is -2.00. The van der Waals surface area contributed by atoms with E-state index in [4.69, 9.17) is 16.3 Å². The zero-order valence-electron chi connectivity index (χ0n) is 11.1. The second-order valence-electron chi connectivity index (χ2n) is 4.08. The van der Waals surface area contributed by atoms with Crippen LogP contribution in [0.4, 0.5) is 0 Å². The molecule has 0 radical (unpaired) electrons. The molecule has 0 aliphatic carbocycles. The van der Waals surface area contributed by atoms with Crippen molar-refractivity contribution < 1.29 is 14.6 Å². The van der Waals surface area contributed by atoms with Crippen LogP contribution in [-0.2, 0) is 4.79 Å². The Hall–Kier alpha value is -1.30. The molecule has 0 bridgehead atoms. The Morgan fingerprint density at radius 1 is 1.52 bits per heavy atom. The molecule has 1 aromatic carbocycles. The maximum Gasteiger partial charge on any atom is 0.337 e. The summed E-state index contributed by atoms with van der Waals surface area (Å²) in [6.45, 7) is 2.34. The van der Waals surface area contributed by atoms with E-state index in [0.717, 1.165) is 0 Å². The first-order valence-corrected chi connectivity index (χ1v) is 8.18. The molecule has 110 valence electrons. The Balaban J connectivity index is 2.58. The van der Waals surface area contributed by atoms with Gasteiger partial charge in [-0.3, -0.25) is 0 Å². The summed E-state index contributed by atoms with van der Waals surface area (Å²) in [5.41, 5.74) is 0.835. The van der Waals surface area contributed by atoms with Gasteiger partial charge < -0.3 is 9.84 Å². The van der Waals surface area contributed by atoms with Gasteiger partial charge >= 0.3 is 5.97 Å². The van der Waals surface area contributed by atoms with E-state index in [-0.39, 0.29) is 5.57 Å². The van der Waals surface area contributed by atoms with Gasteiger partial charge in [-0.15, -0.1) is 11.3 Å². The van der Waals surface area contributed by atoms with Gasteiger partial charge in [0, 0.05) is 15.5 Å². The number of rotatable bonds is 5. The van der Waals surface area contributed by atoms with Gasteiger partial charge in [0.1, 0.15) is 5.75 Å². The third kappa shape index (κ3) is 3.87. The highest BCUT2D eigenvalue weighted by molar-refractivity contribution is 9.10. The second-order valence-corrected chi connectivity index (χ2v) is 6.32. The van der Waals surface area contributed by atoms with E-state index >= 15 is 0 Å². The van der Waals surface area contributed by atoms with Crippen LogP contribution in [0.3, 0.4) is 0 Å². The number of ether oxygens (including phenoxy) is 1. The number of hydrogen-bond acceptors (Lipinski definition) is 3. The molecule has 0 saturated carbocycles. The van der Waals surface area contributed by atoms with Crippen molar-refractivity contribution in [1.29, 1.82) is 0 Å². The van der Waals surface area contributed by atoms with Crippen molar-refractivity contribution >= 4 is 56.5 Å². The van der Waals surface area contributed by atoms with Crippen molar-refractivity contribution in [1.82, 2.24) is 0 Å². The van der Waals surface area contributed by atoms with E-state index in [2.05, 4.69) is 15.9 Å². The topological polar surface area (TPSA) is 46.5 Å². The smallest absolute Gasteiger partial charge is 0.337 e. The summed E-state index contributed by atoms with van der Waals surface area (Å²) in [7, 11) is 0. The average molecular weight is 388 g/mol. The molecule has 21 heavy (non-hydrogen) atoms. The van der Waals surface area contributed by atoms with Gasteiger partial charge in [0.15, 0.2) is 0 Å². The first kappa shape index (κ1) is 16.1. The average Bonchev–Trinajstić information content (AvgIpc) is 2.92. The number of thiophene rings is 1. The number of benzene rings is 1. The van der Waals surface area contributed by atoms with Gasteiger partial charge in [-0.25, -0.2) is 4.79 Å². The molecule has 1 aromatic heterocycles. The number of carboxylic acid groups (broad SMARTS) is 1. The fourth-order valence-electron chi connectivity index (χ4n) is 1.81. The second kappa shape index (κ2) is 7.11. The van der Waals surface area contributed by atoms with Gasteiger partial charge in [0.2, 0.25) is 0 Å². The zero-order chi connectivity index (χ0) is 15.4. The lowest BCUT2D eigenvalue weighted by atomic mass is 10.1. The van der Waals surface area contributed by atoms with Crippen molar-refractivity contribution in [2.75, 3.05) is 6.61 Å². The predicted molar refractivity (Wildman–Crippen MR) is 90.1 cm³/mol. The molecule has 6 heteroatoms. The summed E-state index contributed by atoms with van der Waals surface area (Å²) < 4.78 is 6.27. The van der Waals surface area contributed by atoms with Crippen LogP contribution in [0, 0.1) is 0 Å². The molecule has 0 saturated heterocycles. The monoisotopic (exact) mass is 386 g/mol. The molecule has 0 fully saturated rings. The molecular formula is C15H12BrClO3S. The fourth-order valence-corrected chi connectivity index (χ4v) is 3.49. The normalized spacial score (nSPS) is 11.5. The summed E-state index contributed by atoms with van der Waals surface area (Å²) in [6.07, 6.45) is 1.58. The Morgan fingerprint density at radius 2 is 2.29 bits per heavy atom. The van der Waals surface area contributed by atoms with Gasteiger partial charge in [0.25, 0.3) is 0 Å². The van der Waals surface area contributed by atoms with Crippen LogP contribution in [0.5, 0.6) is 5.75 Å². The van der Waals surface area contributed by atoms with Crippen LogP contribution in [-0.4, -0.2) is 17.7 Å². The van der Waals surface area contributed by atoms with Crippen molar-refractivity contribution in [3.05, 3.63) is 49.6 Å². The number of carboxylic acids is 1. The van der Waals surface area contributed by atoms with E-state index in [9.17, 15) is 9.90 Å². The standard InChI is InChI=1S/C15H12BrClO3S/c1-2-20-14-9(6-10(17)8-12(14)16)7-11(15(18)19)13-4-3-5-21-13/h3-8H,2H2,1H3,(H,18,19)/b11-7-. The molecule has 2 rings (SSSR count). The Morgan fingerprint density at radius 3 is 2.86 bits per heavy atom. The number of aliphatic carboxylic acids is 1. The molecule has 3 nitrogen and oxygen atoms in total. The molecule has 0 spiro atoms. The summed E-state index contributed by atoms with van der Waals surface area (Å²) in [4.78, 5) is 12.2. The van der Waals surface area contributed by atoms with Gasteiger partial charge in [-0.2, -0.15) is 0 Å². The fraction of sp³-hybridized carbons (Fsp3) is 0.133. The molecule has 0 unspecified atom stereocenters. The van der Waals surface area contributed by atoms with Crippen LogP contribution in [0.1, 0.15) is 17.4 Å². The zero-order valence-corrected chi connectivity index (χ0v) is 14.3. The highest BCUT2D eigenvalue weighted by atomic mass is 79.9. The maximum absolute atomic E-state index is 11.5. The largest absolute Gasteiger partial charge is 0.492 e. The summed E-state index contributed by atoms with van der Waals surface area (Å²) >= 11 is 10.8. The minimum atomic E-state index is -0.990. The first-order chi connectivity index (χ1) is 10.0. The quantitative estimate of drug-likeness (QED) is 0.718. The summed E-state index contributed by atoms with van der Waals surface area (Å²) in [5, 5.41) is 11.8. The predicted octanol–water partition coefficient (Wildman–Crippen LogP) is 5.19. The minimum absolute atomic E-state index is 0.208. The van der Waals surface area contributed by atoms with Crippen LogP contribution >= 0.6 is 38.9 Å². The summed E-state index contributed by atoms with van der Waals surface area (Å²) in [6, 6.07) is 6.99. The van der Waals surface area contributed by atoms with Crippen LogP contribution < -0.4 is 4.74 Å². The summed E-state index contributed by atoms with van der Waals surface area (Å²) in [5.74, 6) is -0.409. The Kier molecular flexibility index (Phi) is 5.45. The number of halogens is 2. The van der Waals surface area contributed by atoms with E-state index < -0.39 is 5.97 Å².